The van der Waals surface area contributed by atoms with E-state index in [0.717, 1.165) is 21.1 Å². The molecule has 0 unspecified atom stereocenters. The van der Waals surface area contributed by atoms with E-state index in [0.29, 0.717) is 18.2 Å². The van der Waals surface area contributed by atoms with Crippen LogP contribution >= 0.6 is 31.9 Å². The summed E-state index contributed by atoms with van der Waals surface area (Å²) in [5.74, 6) is 0.124. The molecule has 0 aliphatic heterocycles. The van der Waals surface area contributed by atoms with Crippen LogP contribution in [0.1, 0.15) is 24.8 Å². The van der Waals surface area contributed by atoms with Crippen LogP contribution in [0.25, 0.3) is 0 Å². The lowest BCUT2D eigenvalue weighted by Gasteiger charge is -2.12. The molecule has 0 amide bonds. The fourth-order valence-corrected chi connectivity index (χ4v) is 4.89. The van der Waals surface area contributed by atoms with Gasteiger partial charge in [0.15, 0.2) is 0 Å². The van der Waals surface area contributed by atoms with E-state index < -0.39 is 10.0 Å². The van der Waals surface area contributed by atoms with E-state index in [4.69, 9.17) is 0 Å². The van der Waals surface area contributed by atoms with Gasteiger partial charge in [0.05, 0.1) is 11.4 Å². The zero-order valence-electron chi connectivity index (χ0n) is 11.2. The minimum atomic E-state index is -3.32. The molecule has 1 aromatic carbocycles. The molecule has 1 aliphatic carbocycles. The molecule has 4 nitrogen and oxygen atoms in total. The summed E-state index contributed by atoms with van der Waals surface area (Å²) >= 11 is 6.78. The summed E-state index contributed by atoms with van der Waals surface area (Å²) in [6.45, 7) is 2.71. The van der Waals surface area contributed by atoms with Gasteiger partial charge in [-0.25, -0.2) is 8.42 Å². The van der Waals surface area contributed by atoms with E-state index in [1.807, 2.05) is 19.1 Å². The number of aryl methyl sites for hydroxylation is 1. The SMILES string of the molecule is Cc1cc(Br)c(NS(=O)(=O)CCCNC2CC2)c(Br)c1. The highest BCUT2D eigenvalue weighted by Gasteiger charge is 2.20. The molecule has 7 heteroatoms. The molecule has 0 aromatic heterocycles. The van der Waals surface area contributed by atoms with Crippen LogP contribution < -0.4 is 10.0 Å². The highest BCUT2D eigenvalue weighted by molar-refractivity contribution is 9.11. The van der Waals surface area contributed by atoms with Gasteiger partial charge < -0.3 is 5.32 Å². The van der Waals surface area contributed by atoms with Crippen molar-refractivity contribution >= 4 is 47.6 Å². The zero-order chi connectivity index (χ0) is 14.8. The molecule has 1 aliphatic rings. The first kappa shape index (κ1) is 16.3. The van der Waals surface area contributed by atoms with Gasteiger partial charge in [0, 0.05) is 15.0 Å². The van der Waals surface area contributed by atoms with Crippen molar-refractivity contribution in [3.8, 4) is 0 Å². The number of hydrogen-bond donors (Lipinski definition) is 2. The second-order valence-electron chi connectivity index (χ2n) is 5.11. The fraction of sp³-hybridized carbons (Fsp3) is 0.538. The highest BCUT2D eigenvalue weighted by Crippen LogP contribution is 2.33. The zero-order valence-corrected chi connectivity index (χ0v) is 15.2. The Morgan fingerprint density at radius 3 is 2.40 bits per heavy atom. The van der Waals surface area contributed by atoms with E-state index in [1.54, 1.807) is 0 Å². The fourth-order valence-electron chi connectivity index (χ4n) is 1.86. The Balaban J connectivity index is 1.93. The summed E-state index contributed by atoms with van der Waals surface area (Å²) in [7, 11) is -3.32. The monoisotopic (exact) mass is 424 g/mol. The summed E-state index contributed by atoms with van der Waals surface area (Å²) in [5.41, 5.74) is 1.62. The van der Waals surface area contributed by atoms with E-state index in [2.05, 4.69) is 41.9 Å². The molecule has 0 spiro atoms. The summed E-state index contributed by atoms with van der Waals surface area (Å²) in [4.78, 5) is 0. The van der Waals surface area contributed by atoms with Gasteiger partial charge in [0.25, 0.3) is 0 Å². The standard InChI is InChI=1S/C13H18Br2N2O2S/c1-9-7-11(14)13(12(15)8-9)17-20(18,19)6-2-5-16-10-3-4-10/h7-8,10,16-17H,2-6H2,1H3. The third-order valence-corrected chi connectivity index (χ3v) is 5.64. The van der Waals surface area contributed by atoms with Gasteiger partial charge >= 0.3 is 0 Å². The van der Waals surface area contributed by atoms with Crippen molar-refractivity contribution in [2.24, 2.45) is 0 Å². The van der Waals surface area contributed by atoms with Gasteiger partial charge in [0.2, 0.25) is 10.0 Å². The predicted octanol–water partition coefficient (Wildman–Crippen LogP) is 3.40. The normalized spacial score (nSPS) is 15.3. The Hall–Kier alpha value is -0.110. The smallest absolute Gasteiger partial charge is 0.232 e. The Labute approximate surface area is 137 Å². The van der Waals surface area contributed by atoms with Gasteiger partial charge in [-0.3, -0.25) is 4.72 Å². The second kappa shape index (κ2) is 6.77. The maximum Gasteiger partial charge on any atom is 0.232 e. The molecule has 0 saturated heterocycles. The number of nitrogens with one attached hydrogen (secondary N) is 2. The molecule has 0 radical (unpaired) electrons. The average molecular weight is 426 g/mol. The van der Waals surface area contributed by atoms with Crippen LogP contribution in [0.2, 0.25) is 0 Å². The Kier molecular flexibility index (Phi) is 5.50. The van der Waals surface area contributed by atoms with Crippen LogP contribution in [0, 0.1) is 6.92 Å². The molecule has 2 N–H and O–H groups in total. The van der Waals surface area contributed by atoms with Crippen molar-refractivity contribution in [3.05, 3.63) is 26.6 Å². The van der Waals surface area contributed by atoms with Crippen molar-refractivity contribution in [2.75, 3.05) is 17.0 Å². The van der Waals surface area contributed by atoms with Crippen LogP contribution in [-0.2, 0) is 10.0 Å². The number of halogens is 2. The molecular weight excluding hydrogens is 408 g/mol. The highest BCUT2D eigenvalue weighted by atomic mass is 79.9. The summed E-state index contributed by atoms with van der Waals surface area (Å²) in [6, 6.07) is 4.39. The first-order valence-corrected chi connectivity index (χ1v) is 9.81. The lowest BCUT2D eigenvalue weighted by atomic mass is 10.2. The van der Waals surface area contributed by atoms with Crippen molar-refractivity contribution in [3.63, 3.8) is 0 Å². The van der Waals surface area contributed by atoms with Gasteiger partial charge in [-0.2, -0.15) is 0 Å². The number of hydrogen-bond acceptors (Lipinski definition) is 3. The van der Waals surface area contributed by atoms with Gasteiger partial charge in [-0.05, 0) is 82.3 Å². The minimum Gasteiger partial charge on any atom is -0.314 e. The average Bonchev–Trinajstić information content (AvgIpc) is 3.13. The number of sulfonamides is 1. The number of rotatable bonds is 7. The minimum absolute atomic E-state index is 0.124. The molecule has 0 bridgehead atoms. The molecule has 0 atom stereocenters. The number of benzene rings is 1. The van der Waals surface area contributed by atoms with Crippen molar-refractivity contribution in [2.45, 2.75) is 32.2 Å². The molecule has 1 fully saturated rings. The van der Waals surface area contributed by atoms with Gasteiger partial charge in [-0.15, -0.1) is 0 Å². The van der Waals surface area contributed by atoms with Crippen molar-refractivity contribution in [1.29, 1.82) is 0 Å². The van der Waals surface area contributed by atoms with E-state index in [9.17, 15) is 8.42 Å². The largest absolute Gasteiger partial charge is 0.314 e. The lowest BCUT2D eigenvalue weighted by Crippen LogP contribution is -2.23. The molecule has 112 valence electrons. The maximum absolute atomic E-state index is 12.1. The molecule has 0 heterocycles. The molecule has 1 saturated carbocycles. The van der Waals surface area contributed by atoms with Gasteiger partial charge in [0.1, 0.15) is 0 Å². The van der Waals surface area contributed by atoms with Gasteiger partial charge in [-0.1, -0.05) is 0 Å². The summed E-state index contributed by atoms with van der Waals surface area (Å²) < 4.78 is 28.3. The maximum atomic E-state index is 12.1. The summed E-state index contributed by atoms with van der Waals surface area (Å²) in [6.07, 6.45) is 3.05. The topological polar surface area (TPSA) is 58.2 Å². The predicted molar refractivity (Wildman–Crippen MR) is 89.6 cm³/mol. The van der Waals surface area contributed by atoms with Crippen molar-refractivity contribution < 1.29 is 8.42 Å². The molecule has 1 aromatic rings. The van der Waals surface area contributed by atoms with Crippen LogP contribution in [0.3, 0.4) is 0 Å². The Morgan fingerprint density at radius 2 is 1.85 bits per heavy atom. The van der Waals surface area contributed by atoms with Crippen molar-refractivity contribution in [1.82, 2.24) is 5.32 Å². The molecular formula is C13H18Br2N2O2S. The quantitative estimate of drug-likeness (QED) is 0.658. The Morgan fingerprint density at radius 1 is 1.25 bits per heavy atom. The third-order valence-electron chi connectivity index (χ3n) is 3.04. The second-order valence-corrected chi connectivity index (χ2v) is 8.66. The first-order chi connectivity index (χ1) is 9.37. The Bertz CT molecular complexity index is 563. The van der Waals surface area contributed by atoms with Crippen LogP contribution in [0.4, 0.5) is 5.69 Å². The van der Waals surface area contributed by atoms with E-state index in [-0.39, 0.29) is 5.75 Å². The van der Waals surface area contributed by atoms with E-state index >= 15 is 0 Å². The summed E-state index contributed by atoms with van der Waals surface area (Å²) in [5, 5.41) is 3.31. The van der Waals surface area contributed by atoms with Crippen LogP contribution in [0.5, 0.6) is 0 Å². The van der Waals surface area contributed by atoms with E-state index in [1.165, 1.54) is 12.8 Å². The lowest BCUT2D eigenvalue weighted by molar-refractivity contribution is 0.593. The first-order valence-electron chi connectivity index (χ1n) is 6.57. The molecule has 2 rings (SSSR count). The van der Waals surface area contributed by atoms with Crippen LogP contribution in [-0.4, -0.2) is 26.8 Å². The van der Waals surface area contributed by atoms with Crippen LogP contribution in [0.15, 0.2) is 21.1 Å². The third kappa shape index (κ3) is 5.02. The molecule has 20 heavy (non-hydrogen) atoms. The number of anilines is 1.